The van der Waals surface area contributed by atoms with Gasteiger partial charge in [0.2, 0.25) is 5.76 Å². The van der Waals surface area contributed by atoms with Crippen molar-refractivity contribution >= 4 is 22.7 Å². The first-order chi connectivity index (χ1) is 14.0. The van der Waals surface area contributed by atoms with Gasteiger partial charge >= 0.3 is 0 Å². The number of phenols is 1. The number of anilines is 1. The van der Waals surface area contributed by atoms with Crippen molar-refractivity contribution in [3.05, 3.63) is 99.5 Å². The summed E-state index contributed by atoms with van der Waals surface area (Å²) >= 11 is 0. The molecule has 0 aliphatic carbocycles. The zero-order valence-electron chi connectivity index (χ0n) is 15.5. The van der Waals surface area contributed by atoms with Crippen molar-refractivity contribution in [2.45, 2.75) is 13.0 Å². The van der Waals surface area contributed by atoms with Crippen molar-refractivity contribution in [1.29, 1.82) is 0 Å². The van der Waals surface area contributed by atoms with Gasteiger partial charge in [0.05, 0.1) is 17.0 Å². The first-order valence-electron chi connectivity index (χ1n) is 9.15. The van der Waals surface area contributed by atoms with Crippen molar-refractivity contribution in [1.82, 2.24) is 4.98 Å². The van der Waals surface area contributed by atoms with E-state index in [0.29, 0.717) is 22.4 Å². The van der Waals surface area contributed by atoms with Crippen molar-refractivity contribution in [3.63, 3.8) is 0 Å². The Hall–Kier alpha value is -3.93. The number of hydrogen-bond acceptors (Lipinski definition) is 5. The lowest BCUT2D eigenvalue weighted by atomic mass is 9.98. The minimum atomic E-state index is -0.700. The number of rotatable bonds is 2. The van der Waals surface area contributed by atoms with Gasteiger partial charge < -0.3 is 9.52 Å². The number of amides is 1. The zero-order valence-corrected chi connectivity index (χ0v) is 15.5. The van der Waals surface area contributed by atoms with E-state index in [1.807, 2.05) is 13.0 Å². The second-order valence-corrected chi connectivity index (χ2v) is 7.03. The number of nitrogens with zero attached hydrogens (tertiary/aromatic N) is 2. The van der Waals surface area contributed by atoms with Crippen LogP contribution in [0, 0.1) is 6.92 Å². The van der Waals surface area contributed by atoms with Crippen LogP contribution in [-0.2, 0) is 0 Å². The molecular weight excluding hydrogens is 368 g/mol. The summed E-state index contributed by atoms with van der Waals surface area (Å²) in [6, 6.07) is 16.2. The molecule has 6 nitrogen and oxygen atoms in total. The Balaban J connectivity index is 1.81. The molecular formula is C23H16N2O4. The van der Waals surface area contributed by atoms with Gasteiger partial charge in [-0.3, -0.25) is 14.5 Å². The number of para-hydroxylation sites is 1. The van der Waals surface area contributed by atoms with Crippen molar-refractivity contribution in [3.8, 4) is 5.75 Å². The molecule has 0 bridgehead atoms. The maximum absolute atomic E-state index is 13.3. The van der Waals surface area contributed by atoms with Crippen molar-refractivity contribution in [2.24, 2.45) is 0 Å². The lowest BCUT2D eigenvalue weighted by molar-refractivity contribution is 0.0970. The first-order valence-corrected chi connectivity index (χ1v) is 9.15. The summed E-state index contributed by atoms with van der Waals surface area (Å²) < 4.78 is 5.88. The zero-order chi connectivity index (χ0) is 20.1. The van der Waals surface area contributed by atoms with E-state index in [4.69, 9.17) is 4.42 Å². The van der Waals surface area contributed by atoms with E-state index in [0.717, 1.165) is 5.56 Å². The van der Waals surface area contributed by atoms with Crippen LogP contribution in [0.25, 0.3) is 11.0 Å². The first kappa shape index (κ1) is 17.2. The highest BCUT2D eigenvalue weighted by atomic mass is 16.3. The molecule has 29 heavy (non-hydrogen) atoms. The maximum atomic E-state index is 13.3. The van der Waals surface area contributed by atoms with Crippen LogP contribution in [0.5, 0.6) is 5.75 Å². The molecule has 6 heteroatoms. The molecule has 2 aromatic carbocycles. The van der Waals surface area contributed by atoms with Crippen molar-refractivity contribution in [2.75, 3.05) is 4.90 Å². The minimum Gasteiger partial charge on any atom is -0.508 e. The lowest BCUT2D eigenvalue weighted by Gasteiger charge is -2.24. The van der Waals surface area contributed by atoms with Crippen LogP contribution in [0.15, 0.2) is 76.1 Å². The summed E-state index contributed by atoms with van der Waals surface area (Å²) in [5, 5.41) is 10.1. The highest BCUT2D eigenvalue weighted by molar-refractivity contribution is 6.10. The average molecular weight is 384 g/mol. The van der Waals surface area contributed by atoms with Gasteiger partial charge in [-0.05, 0) is 48.4 Å². The number of phenolic OH excluding ortho intramolecular Hbond substituents is 1. The fourth-order valence-electron chi connectivity index (χ4n) is 3.73. The molecule has 142 valence electrons. The molecule has 0 saturated carbocycles. The molecule has 0 unspecified atom stereocenters. The Morgan fingerprint density at radius 3 is 2.48 bits per heavy atom. The van der Waals surface area contributed by atoms with E-state index in [1.54, 1.807) is 48.7 Å². The predicted molar refractivity (Wildman–Crippen MR) is 108 cm³/mol. The summed E-state index contributed by atoms with van der Waals surface area (Å²) in [5.41, 5.74) is 2.04. The summed E-state index contributed by atoms with van der Waals surface area (Å²) in [6.07, 6.45) is 1.67. The molecule has 2 aromatic heterocycles. The molecule has 1 N–H and O–H groups in total. The molecule has 1 aliphatic heterocycles. The molecule has 1 atom stereocenters. The number of aromatic hydroxyl groups is 1. The highest BCUT2D eigenvalue weighted by Crippen LogP contribution is 2.40. The normalized spacial score (nSPS) is 15.7. The van der Waals surface area contributed by atoms with Crippen molar-refractivity contribution < 1.29 is 14.3 Å². The smallest absolute Gasteiger partial charge is 0.296 e. The predicted octanol–water partition coefficient (Wildman–Crippen LogP) is 3.95. The van der Waals surface area contributed by atoms with Gasteiger partial charge in [-0.1, -0.05) is 30.3 Å². The quantitative estimate of drug-likeness (QED) is 0.566. The highest BCUT2D eigenvalue weighted by Gasteiger charge is 2.44. The SMILES string of the molecule is Cc1ccc(N2C(=O)c3oc4ccccc4c(=O)c3[C@H]2c2ccc(O)cc2)nc1. The van der Waals surface area contributed by atoms with E-state index >= 15 is 0 Å². The fourth-order valence-corrected chi connectivity index (χ4v) is 3.73. The van der Waals surface area contributed by atoms with E-state index in [-0.39, 0.29) is 22.5 Å². The Bertz CT molecular complexity index is 1310. The van der Waals surface area contributed by atoms with Crippen LogP contribution in [0.1, 0.15) is 33.3 Å². The number of pyridine rings is 1. The van der Waals surface area contributed by atoms with Crippen LogP contribution < -0.4 is 10.3 Å². The average Bonchev–Trinajstić information content (AvgIpc) is 3.02. The molecule has 1 amide bonds. The number of aromatic nitrogens is 1. The van der Waals surface area contributed by atoms with E-state index in [1.165, 1.54) is 17.0 Å². The van der Waals surface area contributed by atoms with Gasteiger partial charge in [0.1, 0.15) is 17.2 Å². The Morgan fingerprint density at radius 1 is 1.00 bits per heavy atom. The second-order valence-electron chi connectivity index (χ2n) is 7.03. The van der Waals surface area contributed by atoms with E-state index in [9.17, 15) is 14.7 Å². The third kappa shape index (κ3) is 2.61. The van der Waals surface area contributed by atoms with Crippen LogP contribution in [0.3, 0.4) is 0 Å². The standard InChI is InChI=1S/C23H16N2O4/c1-13-6-11-18(24-12-13)25-20(14-7-9-15(26)10-8-14)19-21(27)16-4-2-3-5-17(16)29-22(19)23(25)28/h2-12,20,26H,1H3/t20-/m1/s1. The number of carbonyl (C=O) groups is 1. The summed E-state index contributed by atoms with van der Waals surface area (Å²) in [4.78, 5) is 32.5. The van der Waals surface area contributed by atoms with Gasteiger partial charge in [-0.25, -0.2) is 4.98 Å². The third-order valence-electron chi connectivity index (χ3n) is 5.13. The number of aryl methyl sites for hydroxylation is 1. The fraction of sp³-hybridized carbons (Fsp3) is 0.0870. The molecule has 0 saturated heterocycles. The number of hydrogen-bond donors (Lipinski definition) is 1. The number of benzene rings is 2. The number of fused-ring (bicyclic) bond motifs is 2. The summed E-state index contributed by atoms with van der Waals surface area (Å²) in [7, 11) is 0. The van der Waals surface area contributed by atoms with Crippen LogP contribution in [0.4, 0.5) is 5.82 Å². The largest absolute Gasteiger partial charge is 0.508 e. The molecule has 0 fully saturated rings. The Morgan fingerprint density at radius 2 is 1.76 bits per heavy atom. The van der Waals surface area contributed by atoms with E-state index < -0.39 is 11.9 Å². The Kier molecular flexibility index (Phi) is 3.74. The minimum absolute atomic E-state index is 0.0224. The van der Waals surface area contributed by atoms with Gasteiger partial charge in [-0.15, -0.1) is 0 Å². The molecule has 1 aliphatic rings. The molecule has 0 spiro atoms. The monoisotopic (exact) mass is 384 g/mol. The topological polar surface area (TPSA) is 83.6 Å². The van der Waals surface area contributed by atoms with Crippen LogP contribution >= 0.6 is 0 Å². The van der Waals surface area contributed by atoms with E-state index in [2.05, 4.69) is 4.98 Å². The van der Waals surface area contributed by atoms with Gasteiger partial charge in [-0.2, -0.15) is 0 Å². The lowest BCUT2D eigenvalue weighted by Crippen LogP contribution is -2.30. The van der Waals surface area contributed by atoms with Gasteiger partial charge in [0.15, 0.2) is 5.43 Å². The molecule has 0 radical (unpaired) electrons. The maximum Gasteiger partial charge on any atom is 0.296 e. The molecule has 4 aromatic rings. The summed E-state index contributed by atoms with van der Waals surface area (Å²) in [5.74, 6) is 0.129. The van der Waals surface area contributed by atoms with Gasteiger partial charge in [0.25, 0.3) is 5.91 Å². The third-order valence-corrected chi connectivity index (χ3v) is 5.13. The van der Waals surface area contributed by atoms with Crippen LogP contribution in [0.2, 0.25) is 0 Å². The Labute approximate surface area is 165 Å². The number of carbonyl (C=O) groups excluding carboxylic acids is 1. The molecule has 3 heterocycles. The van der Waals surface area contributed by atoms with Gasteiger partial charge in [0, 0.05) is 6.20 Å². The molecule has 5 rings (SSSR count). The second kappa shape index (κ2) is 6.31. The summed E-state index contributed by atoms with van der Waals surface area (Å²) in [6.45, 7) is 1.91. The van der Waals surface area contributed by atoms with Crippen LogP contribution in [-0.4, -0.2) is 16.0 Å².